The molecule has 0 saturated heterocycles. The van der Waals surface area contributed by atoms with Crippen molar-refractivity contribution in [2.75, 3.05) is 7.05 Å². The Morgan fingerprint density at radius 3 is 2.12 bits per heavy atom. The van der Waals surface area contributed by atoms with Crippen LogP contribution in [-0.2, 0) is 0 Å². The predicted octanol–water partition coefficient (Wildman–Crippen LogP) is 3.81. The fraction of sp³-hybridized carbons (Fsp3) is 0.625. The molecule has 2 aliphatic rings. The first-order valence-electron chi connectivity index (χ1n) is 7.15. The summed E-state index contributed by atoms with van der Waals surface area (Å²) in [6.07, 6.45) is 8.31. The van der Waals surface area contributed by atoms with Gasteiger partial charge in [-0.25, -0.2) is 0 Å². The quantitative estimate of drug-likeness (QED) is 0.831. The Kier molecular flexibility index (Phi) is 3.19. The van der Waals surface area contributed by atoms with Gasteiger partial charge in [-0.3, -0.25) is 0 Å². The molecule has 3 rings (SSSR count). The van der Waals surface area contributed by atoms with Gasteiger partial charge in [-0.05, 0) is 55.7 Å². The van der Waals surface area contributed by atoms with E-state index in [-0.39, 0.29) is 0 Å². The van der Waals surface area contributed by atoms with Crippen molar-refractivity contribution in [2.45, 2.75) is 56.4 Å². The largest absolute Gasteiger partial charge is 0.316 e. The second-order valence-corrected chi connectivity index (χ2v) is 5.73. The molecule has 17 heavy (non-hydrogen) atoms. The molecule has 0 bridgehead atoms. The van der Waals surface area contributed by atoms with E-state index in [1.807, 2.05) is 0 Å². The van der Waals surface area contributed by atoms with Crippen molar-refractivity contribution >= 4 is 0 Å². The van der Waals surface area contributed by atoms with Crippen molar-refractivity contribution in [3.63, 3.8) is 0 Å². The monoisotopic (exact) mass is 229 g/mol. The van der Waals surface area contributed by atoms with Crippen molar-refractivity contribution < 1.29 is 0 Å². The summed E-state index contributed by atoms with van der Waals surface area (Å²) in [5, 5.41) is 3.47. The second kappa shape index (κ2) is 4.81. The first-order valence-corrected chi connectivity index (χ1v) is 7.15. The zero-order valence-electron chi connectivity index (χ0n) is 10.8. The Morgan fingerprint density at radius 2 is 1.53 bits per heavy atom. The minimum atomic E-state index is 0.699. The van der Waals surface area contributed by atoms with Crippen LogP contribution in [0.2, 0.25) is 0 Å². The van der Waals surface area contributed by atoms with E-state index in [9.17, 15) is 0 Å². The van der Waals surface area contributed by atoms with E-state index in [2.05, 4.69) is 36.6 Å². The summed E-state index contributed by atoms with van der Waals surface area (Å²) in [6.45, 7) is 0. The molecule has 2 atom stereocenters. The molecule has 2 saturated carbocycles. The molecule has 0 heterocycles. The number of rotatable bonds is 3. The molecule has 1 heteroatoms. The molecular weight excluding hydrogens is 206 g/mol. The predicted molar refractivity (Wildman–Crippen MR) is 72.5 cm³/mol. The van der Waals surface area contributed by atoms with Crippen LogP contribution in [-0.4, -0.2) is 13.1 Å². The molecule has 2 fully saturated rings. The van der Waals surface area contributed by atoms with Gasteiger partial charge in [0, 0.05) is 6.04 Å². The number of hydrogen-bond acceptors (Lipinski definition) is 1. The van der Waals surface area contributed by atoms with Gasteiger partial charge in [0.25, 0.3) is 0 Å². The summed E-state index contributed by atoms with van der Waals surface area (Å²) in [6, 6.07) is 10.2. The molecule has 1 aromatic rings. The molecule has 1 N–H and O–H groups in total. The lowest BCUT2D eigenvalue weighted by Crippen LogP contribution is -2.27. The third-order valence-electron chi connectivity index (χ3n) is 4.83. The number of likely N-dealkylation sites (N-methyl/N-ethyl adjacent to an activating group) is 1. The first kappa shape index (κ1) is 11.3. The minimum absolute atomic E-state index is 0.699. The summed E-state index contributed by atoms with van der Waals surface area (Å²) in [5.41, 5.74) is 3.11. The van der Waals surface area contributed by atoms with Gasteiger partial charge in [-0.1, -0.05) is 37.1 Å². The van der Waals surface area contributed by atoms with Crippen molar-refractivity contribution in [2.24, 2.45) is 0 Å². The minimum Gasteiger partial charge on any atom is -0.316 e. The Bertz CT molecular complexity index is 364. The Balaban J connectivity index is 1.74. The van der Waals surface area contributed by atoms with Gasteiger partial charge in [0.1, 0.15) is 0 Å². The van der Waals surface area contributed by atoms with Crippen molar-refractivity contribution in [1.82, 2.24) is 5.32 Å². The average molecular weight is 229 g/mol. The van der Waals surface area contributed by atoms with E-state index in [0.29, 0.717) is 6.04 Å². The van der Waals surface area contributed by atoms with Crippen LogP contribution in [0.1, 0.15) is 61.5 Å². The SMILES string of the molecule is CNC1CCCC1c1ccc(C2CCC2)cc1. The fourth-order valence-corrected chi connectivity index (χ4v) is 3.46. The van der Waals surface area contributed by atoms with E-state index in [1.54, 1.807) is 11.1 Å². The summed E-state index contributed by atoms with van der Waals surface area (Å²) in [4.78, 5) is 0. The molecular formula is C16H23N. The van der Waals surface area contributed by atoms with E-state index in [0.717, 1.165) is 11.8 Å². The first-order chi connectivity index (χ1) is 8.38. The molecule has 92 valence electrons. The Morgan fingerprint density at radius 1 is 0.882 bits per heavy atom. The maximum Gasteiger partial charge on any atom is 0.0133 e. The summed E-state index contributed by atoms with van der Waals surface area (Å²) >= 11 is 0. The van der Waals surface area contributed by atoms with Crippen LogP contribution < -0.4 is 5.32 Å². The van der Waals surface area contributed by atoms with Gasteiger partial charge >= 0.3 is 0 Å². The van der Waals surface area contributed by atoms with Crippen LogP contribution in [0.25, 0.3) is 0 Å². The molecule has 0 spiro atoms. The highest BCUT2D eigenvalue weighted by Gasteiger charge is 2.27. The molecule has 0 amide bonds. The highest BCUT2D eigenvalue weighted by molar-refractivity contribution is 5.30. The Hall–Kier alpha value is -0.820. The third kappa shape index (κ3) is 2.13. The molecule has 2 unspecified atom stereocenters. The number of hydrogen-bond donors (Lipinski definition) is 1. The molecule has 0 aliphatic heterocycles. The highest BCUT2D eigenvalue weighted by atomic mass is 14.9. The van der Waals surface area contributed by atoms with Crippen LogP contribution in [0, 0.1) is 0 Å². The van der Waals surface area contributed by atoms with Crippen LogP contribution in [0.3, 0.4) is 0 Å². The second-order valence-electron chi connectivity index (χ2n) is 5.73. The molecule has 1 nitrogen and oxygen atoms in total. The lowest BCUT2D eigenvalue weighted by molar-refractivity contribution is 0.419. The van der Waals surface area contributed by atoms with E-state index < -0.39 is 0 Å². The average Bonchev–Trinajstić information content (AvgIpc) is 2.76. The molecule has 0 radical (unpaired) electrons. The van der Waals surface area contributed by atoms with E-state index in [4.69, 9.17) is 0 Å². The van der Waals surface area contributed by atoms with Gasteiger partial charge in [0.2, 0.25) is 0 Å². The van der Waals surface area contributed by atoms with Gasteiger partial charge in [-0.2, -0.15) is 0 Å². The topological polar surface area (TPSA) is 12.0 Å². The fourth-order valence-electron chi connectivity index (χ4n) is 3.46. The standard InChI is InChI=1S/C16H23N/c1-17-16-7-3-6-15(16)14-10-8-13(9-11-14)12-4-2-5-12/h8-12,15-17H,2-7H2,1H3. The zero-order valence-corrected chi connectivity index (χ0v) is 10.8. The van der Waals surface area contributed by atoms with Gasteiger partial charge in [0.15, 0.2) is 0 Å². The van der Waals surface area contributed by atoms with Crippen LogP contribution in [0.5, 0.6) is 0 Å². The van der Waals surface area contributed by atoms with E-state index >= 15 is 0 Å². The van der Waals surface area contributed by atoms with Crippen molar-refractivity contribution in [3.8, 4) is 0 Å². The van der Waals surface area contributed by atoms with Gasteiger partial charge in [-0.15, -0.1) is 0 Å². The third-order valence-corrected chi connectivity index (χ3v) is 4.83. The summed E-state index contributed by atoms with van der Waals surface area (Å²) in [7, 11) is 2.10. The lowest BCUT2D eigenvalue weighted by Gasteiger charge is -2.26. The Labute approximate surface area is 105 Å². The highest BCUT2D eigenvalue weighted by Crippen LogP contribution is 2.38. The normalized spacial score (nSPS) is 29.2. The number of benzene rings is 1. The maximum atomic E-state index is 3.47. The maximum absolute atomic E-state index is 3.47. The molecule has 0 aromatic heterocycles. The van der Waals surface area contributed by atoms with Crippen LogP contribution >= 0.6 is 0 Å². The van der Waals surface area contributed by atoms with Crippen molar-refractivity contribution in [3.05, 3.63) is 35.4 Å². The van der Waals surface area contributed by atoms with Gasteiger partial charge in [0.05, 0.1) is 0 Å². The number of nitrogens with one attached hydrogen (secondary N) is 1. The van der Waals surface area contributed by atoms with Crippen LogP contribution in [0.15, 0.2) is 24.3 Å². The van der Waals surface area contributed by atoms with Crippen molar-refractivity contribution in [1.29, 1.82) is 0 Å². The zero-order chi connectivity index (χ0) is 11.7. The summed E-state index contributed by atoms with van der Waals surface area (Å²) in [5.74, 6) is 1.61. The molecule has 1 aromatic carbocycles. The lowest BCUT2D eigenvalue weighted by atomic mass is 9.79. The smallest absolute Gasteiger partial charge is 0.0133 e. The van der Waals surface area contributed by atoms with E-state index in [1.165, 1.54) is 38.5 Å². The summed E-state index contributed by atoms with van der Waals surface area (Å²) < 4.78 is 0. The molecule has 2 aliphatic carbocycles. The van der Waals surface area contributed by atoms with Gasteiger partial charge < -0.3 is 5.32 Å². The van der Waals surface area contributed by atoms with Crippen LogP contribution in [0.4, 0.5) is 0 Å².